The molecule has 0 radical (unpaired) electrons. The Labute approximate surface area is 116 Å². The van der Waals surface area contributed by atoms with Crippen molar-refractivity contribution in [1.29, 1.82) is 0 Å². The Morgan fingerprint density at radius 2 is 1.63 bits per heavy atom. The second-order valence-corrected chi connectivity index (χ2v) is 6.99. The zero-order valence-corrected chi connectivity index (χ0v) is 13.5. The Balaban J connectivity index is 4.96. The van der Waals surface area contributed by atoms with Gasteiger partial charge in [0.25, 0.3) is 0 Å². The van der Waals surface area contributed by atoms with Gasteiger partial charge in [-0.3, -0.25) is 9.69 Å². The number of nitrogens with zero attached hydrogens (tertiary/aromatic N) is 1. The van der Waals surface area contributed by atoms with E-state index in [0.29, 0.717) is 6.42 Å². The van der Waals surface area contributed by atoms with Crippen LogP contribution in [0.5, 0.6) is 0 Å². The van der Waals surface area contributed by atoms with Gasteiger partial charge < -0.3 is 10.1 Å². The summed E-state index contributed by atoms with van der Waals surface area (Å²) in [5, 5.41) is 2.60. The molecule has 2 amide bonds. The van der Waals surface area contributed by atoms with Gasteiger partial charge in [-0.15, -0.1) is 0 Å². The first-order valence-corrected chi connectivity index (χ1v) is 6.55. The summed E-state index contributed by atoms with van der Waals surface area (Å²) in [5.74, 6) is -0.178. The molecule has 0 fully saturated rings. The zero-order valence-electron chi connectivity index (χ0n) is 13.5. The summed E-state index contributed by atoms with van der Waals surface area (Å²) in [6.45, 7) is 11.5. The first kappa shape index (κ1) is 17.7. The highest BCUT2D eigenvalue weighted by Gasteiger charge is 2.32. The average molecular weight is 272 g/mol. The Morgan fingerprint density at radius 1 is 1.16 bits per heavy atom. The van der Waals surface area contributed by atoms with Crippen molar-refractivity contribution in [3.63, 3.8) is 0 Å². The Morgan fingerprint density at radius 3 is 1.95 bits per heavy atom. The standard InChI is InChI=1S/C14H28N2O3/c1-13(2,3)9-10(11(17)15-7)16(8)12(18)19-14(4,5)6/h10H,9H2,1-8H3,(H,15,17)/t10-/m0/s1. The van der Waals surface area contributed by atoms with E-state index in [1.807, 2.05) is 20.8 Å². The van der Waals surface area contributed by atoms with Crippen molar-refractivity contribution in [2.45, 2.75) is 59.6 Å². The molecule has 0 heterocycles. The molecular formula is C14H28N2O3. The van der Waals surface area contributed by atoms with E-state index in [1.54, 1.807) is 34.9 Å². The van der Waals surface area contributed by atoms with Crippen molar-refractivity contribution in [2.24, 2.45) is 5.41 Å². The van der Waals surface area contributed by atoms with Crippen LogP contribution in [0.1, 0.15) is 48.0 Å². The van der Waals surface area contributed by atoms with Gasteiger partial charge in [-0.05, 0) is 32.6 Å². The predicted molar refractivity (Wildman–Crippen MR) is 75.9 cm³/mol. The molecule has 112 valence electrons. The molecule has 0 saturated carbocycles. The van der Waals surface area contributed by atoms with Crippen LogP contribution >= 0.6 is 0 Å². The number of nitrogens with one attached hydrogen (secondary N) is 1. The number of rotatable bonds is 3. The molecule has 0 saturated heterocycles. The summed E-state index contributed by atoms with van der Waals surface area (Å²) in [7, 11) is 3.17. The summed E-state index contributed by atoms with van der Waals surface area (Å²) in [6, 6.07) is -0.528. The van der Waals surface area contributed by atoms with Gasteiger partial charge in [0.2, 0.25) is 5.91 Å². The largest absolute Gasteiger partial charge is 0.444 e. The molecule has 0 aromatic carbocycles. The maximum absolute atomic E-state index is 12.0. The zero-order chi connectivity index (χ0) is 15.4. The van der Waals surface area contributed by atoms with Gasteiger partial charge >= 0.3 is 6.09 Å². The van der Waals surface area contributed by atoms with Crippen LogP contribution in [-0.4, -0.2) is 42.6 Å². The number of hydrogen-bond donors (Lipinski definition) is 1. The summed E-state index contributed by atoms with van der Waals surface area (Å²) >= 11 is 0. The van der Waals surface area contributed by atoms with Crippen LogP contribution in [0, 0.1) is 5.41 Å². The third-order valence-electron chi connectivity index (χ3n) is 2.50. The van der Waals surface area contributed by atoms with Crippen molar-refractivity contribution in [3.05, 3.63) is 0 Å². The van der Waals surface area contributed by atoms with Gasteiger partial charge in [-0.1, -0.05) is 20.8 Å². The molecule has 0 spiro atoms. The second-order valence-electron chi connectivity index (χ2n) is 6.99. The maximum atomic E-state index is 12.0. The highest BCUT2D eigenvalue weighted by atomic mass is 16.6. The van der Waals surface area contributed by atoms with E-state index >= 15 is 0 Å². The number of amides is 2. The number of hydrogen-bond acceptors (Lipinski definition) is 3. The van der Waals surface area contributed by atoms with E-state index < -0.39 is 17.7 Å². The van der Waals surface area contributed by atoms with E-state index in [4.69, 9.17) is 4.74 Å². The molecule has 0 rings (SSSR count). The molecule has 0 aromatic heterocycles. The van der Waals surface area contributed by atoms with Gasteiger partial charge in [0.05, 0.1) is 0 Å². The van der Waals surface area contributed by atoms with E-state index in [-0.39, 0.29) is 11.3 Å². The van der Waals surface area contributed by atoms with Crippen LogP contribution in [0.25, 0.3) is 0 Å². The second kappa shape index (κ2) is 6.26. The van der Waals surface area contributed by atoms with Crippen molar-refractivity contribution in [3.8, 4) is 0 Å². The molecule has 0 aliphatic carbocycles. The van der Waals surface area contributed by atoms with Crippen LogP contribution in [-0.2, 0) is 9.53 Å². The molecule has 0 bridgehead atoms. The lowest BCUT2D eigenvalue weighted by molar-refractivity contribution is -0.126. The normalized spacial score (nSPS) is 13.7. The summed E-state index contributed by atoms with van der Waals surface area (Å²) in [6.07, 6.45) is 0.0907. The Kier molecular flexibility index (Phi) is 5.84. The van der Waals surface area contributed by atoms with Crippen molar-refractivity contribution in [1.82, 2.24) is 10.2 Å². The average Bonchev–Trinajstić information content (AvgIpc) is 2.20. The van der Waals surface area contributed by atoms with Gasteiger partial charge in [0, 0.05) is 14.1 Å². The SMILES string of the molecule is CNC(=O)[C@H](CC(C)(C)C)N(C)C(=O)OC(C)(C)C. The lowest BCUT2D eigenvalue weighted by Crippen LogP contribution is -2.49. The monoisotopic (exact) mass is 272 g/mol. The molecule has 0 aromatic rings. The van der Waals surface area contributed by atoms with Crippen molar-refractivity contribution >= 4 is 12.0 Å². The number of carbonyl (C=O) groups is 2. The molecule has 1 N–H and O–H groups in total. The van der Waals surface area contributed by atoms with Crippen LogP contribution in [0.4, 0.5) is 4.79 Å². The van der Waals surface area contributed by atoms with Gasteiger partial charge in [0.1, 0.15) is 11.6 Å². The van der Waals surface area contributed by atoms with E-state index in [1.165, 1.54) is 4.90 Å². The fourth-order valence-electron chi connectivity index (χ4n) is 1.61. The molecular weight excluding hydrogens is 244 g/mol. The minimum atomic E-state index is -0.569. The summed E-state index contributed by atoms with van der Waals surface area (Å²) in [4.78, 5) is 25.3. The highest BCUT2D eigenvalue weighted by molar-refractivity contribution is 5.85. The highest BCUT2D eigenvalue weighted by Crippen LogP contribution is 2.24. The van der Waals surface area contributed by atoms with Crippen molar-refractivity contribution in [2.75, 3.05) is 14.1 Å². The lowest BCUT2D eigenvalue weighted by atomic mass is 9.87. The minimum Gasteiger partial charge on any atom is -0.444 e. The first-order chi connectivity index (χ1) is 8.37. The molecule has 0 aliphatic heterocycles. The van der Waals surface area contributed by atoms with E-state index in [9.17, 15) is 9.59 Å². The van der Waals surface area contributed by atoms with Crippen LogP contribution in [0.2, 0.25) is 0 Å². The Bertz CT molecular complexity index is 327. The fraction of sp³-hybridized carbons (Fsp3) is 0.857. The molecule has 0 aliphatic rings. The van der Waals surface area contributed by atoms with Crippen LogP contribution in [0.15, 0.2) is 0 Å². The molecule has 19 heavy (non-hydrogen) atoms. The van der Waals surface area contributed by atoms with Gasteiger partial charge in [-0.25, -0.2) is 4.79 Å². The van der Waals surface area contributed by atoms with Gasteiger partial charge in [-0.2, -0.15) is 0 Å². The van der Waals surface area contributed by atoms with Gasteiger partial charge in [0.15, 0.2) is 0 Å². The molecule has 0 unspecified atom stereocenters. The molecule has 5 heteroatoms. The first-order valence-electron chi connectivity index (χ1n) is 6.55. The predicted octanol–water partition coefficient (Wildman–Crippen LogP) is 2.40. The summed E-state index contributed by atoms with van der Waals surface area (Å²) < 4.78 is 5.30. The third kappa shape index (κ3) is 7.03. The molecule has 1 atom stereocenters. The third-order valence-corrected chi connectivity index (χ3v) is 2.50. The van der Waals surface area contributed by atoms with E-state index in [0.717, 1.165) is 0 Å². The number of carbonyl (C=O) groups excluding carboxylic acids is 2. The number of ether oxygens (including phenoxy) is 1. The fourth-order valence-corrected chi connectivity index (χ4v) is 1.61. The minimum absolute atomic E-state index is 0.0621. The summed E-state index contributed by atoms with van der Waals surface area (Å²) in [5.41, 5.74) is -0.631. The number of likely N-dealkylation sites (N-methyl/N-ethyl adjacent to an activating group) is 2. The quantitative estimate of drug-likeness (QED) is 0.858. The van der Waals surface area contributed by atoms with Crippen LogP contribution < -0.4 is 5.32 Å². The Hall–Kier alpha value is -1.26. The van der Waals surface area contributed by atoms with Crippen LogP contribution in [0.3, 0.4) is 0 Å². The topological polar surface area (TPSA) is 58.6 Å². The van der Waals surface area contributed by atoms with E-state index in [2.05, 4.69) is 5.32 Å². The lowest BCUT2D eigenvalue weighted by Gasteiger charge is -2.33. The maximum Gasteiger partial charge on any atom is 0.410 e. The molecule has 5 nitrogen and oxygen atoms in total. The van der Waals surface area contributed by atoms with Crippen molar-refractivity contribution < 1.29 is 14.3 Å². The smallest absolute Gasteiger partial charge is 0.410 e.